The van der Waals surface area contributed by atoms with Crippen LogP contribution in [0.25, 0.3) is 0 Å². The average molecular weight is 346 g/mol. The highest BCUT2D eigenvalue weighted by Gasteiger charge is 2.30. The molecule has 0 fully saturated rings. The number of aromatic amines is 1. The highest BCUT2D eigenvalue weighted by atomic mass is 19.4. The number of rotatable bonds is 4. The summed E-state index contributed by atoms with van der Waals surface area (Å²) in [5.74, 6) is 0.146. The van der Waals surface area contributed by atoms with E-state index in [0.717, 1.165) is 12.1 Å². The molecule has 0 bridgehead atoms. The summed E-state index contributed by atoms with van der Waals surface area (Å²) in [6, 6.07) is 14.7. The molecule has 0 radical (unpaired) electrons. The number of aromatic nitrogens is 1. The monoisotopic (exact) mass is 346 g/mol. The molecule has 1 heterocycles. The zero-order chi connectivity index (χ0) is 17.9. The minimum Gasteiger partial charge on any atom is -0.441 e. The third-order valence-electron chi connectivity index (χ3n) is 3.36. The molecule has 7 heteroatoms. The van der Waals surface area contributed by atoms with Crippen molar-refractivity contribution in [3.05, 3.63) is 78.0 Å². The lowest BCUT2D eigenvalue weighted by Gasteiger charge is -2.07. The second-order valence-corrected chi connectivity index (χ2v) is 5.20. The predicted octanol–water partition coefficient (Wildman–Crippen LogP) is 5.08. The highest BCUT2D eigenvalue weighted by molar-refractivity contribution is 6.04. The van der Waals surface area contributed by atoms with E-state index in [0.29, 0.717) is 11.3 Å². The first kappa shape index (κ1) is 16.6. The van der Waals surface area contributed by atoms with Crippen LogP contribution in [0.15, 0.2) is 66.9 Å². The Bertz CT molecular complexity index is 856. The molecular weight excluding hydrogens is 333 g/mol. The van der Waals surface area contributed by atoms with Crippen molar-refractivity contribution in [3.63, 3.8) is 0 Å². The van der Waals surface area contributed by atoms with Crippen molar-refractivity contribution in [1.29, 1.82) is 0 Å². The Morgan fingerprint density at radius 2 is 1.68 bits per heavy atom. The summed E-state index contributed by atoms with van der Waals surface area (Å²) in [5.41, 5.74) is 0.235. The van der Waals surface area contributed by atoms with Crippen molar-refractivity contribution in [2.45, 2.75) is 6.18 Å². The van der Waals surface area contributed by atoms with Gasteiger partial charge in [0, 0.05) is 18.0 Å². The number of ether oxygens (including phenoxy) is 1. The number of benzene rings is 2. The van der Waals surface area contributed by atoms with Gasteiger partial charge in [0.1, 0.15) is 5.75 Å². The molecule has 0 spiro atoms. The fourth-order valence-corrected chi connectivity index (χ4v) is 2.13. The number of halogens is 3. The molecule has 0 aliphatic heterocycles. The molecule has 1 aromatic heterocycles. The maximum Gasteiger partial charge on any atom is 0.416 e. The zero-order valence-electron chi connectivity index (χ0n) is 12.8. The van der Waals surface area contributed by atoms with E-state index in [1.807, 2.05) is 6.07 Å². The van der Waals surface area contributed by atoms with Gasteiger partial charge in [-0.25, -0.2) is 0 Å². The minimum absolute atomic E-state index is 0.227. The van der Waals surface area contributed by atoms with E-state index in [-0.39, 0.29) is 17.5 Å². The number of carbonyl (C=O) groups is 1. The molecule has 1 amide bonds. The molecule has 2 aromatic carbocycles. The van der Waals surface area contributed by atoms with Crippen molar-refractivity contribution in [2.75, 3.05) is 5.32 Å². The molecule has 0 saturated heterocycles. The largest absolute Gasteiger partial charge is 0.441 e. The van der Waals surface area contributed by atoms with Crippen LogP contribution < -0.4 is 10.1 Å². The van der Waals surface area contributed by atoms with Gasteiger partial charge in [0.25, 0.3) is 5.91 Å². The molecule has 0 saturated carbocycles. The average Bonchev–Trinajstić information content (AvgIpc) is 3.04. The first-order valence-corrected chi connectivity index (χ1v) is 7.32. The normalized spacial score (nSPS) is 11.2. The quantitative estimate of drug-likeness (QED) is 0.692. The van der Waals surface area contributed by atoms with Crippen molar-refractivity contribution in [2.24, 2.45) is 0 Å². The fraction of sp³-hybridized carbons (Fsp3) is 0.0556. The predicted molar refractivity (Wildman–Crippen MR) is 86.7 cm³/mol. The van der Waals surface area contributed by atoms with Crippen molar-refractivity contribution < 1.29 is 22.7 Å². The van der Waals surface area contributed by atoms with Crippen LogP contribution in [0, 0.1) is 0 Å². The van der Waals surface area contributed by atoms with E-state index in [4.69, 9.17) is 4.74 Å². The Kier molecular flexibility index (Phi) is 4.47. The van der Waals surface area contributed by atoms with Crippen LogP contribution in [0.4, 0.5) is 18.9 Å². The molecule has 0 aliphatic rings. The molecule has 0 atom stereocenters. The summed E-state index contributed by atoms with van der Waals surface area (Å²) >= 11 is 0. The summed E-state index contributed by atoms with van der Waals surface area (Å²) in [6.07, 6.45) is -2.94. The van der Waals surface area contributed by atoms with Crippen LogP contribution >= 0.6 is 0 Å². The number of anilines is 1. The van der Waals surface area contributed by atoms with Crippen LogP contribution in [-0.4, -0.2) is 10.9 Å². The minimum atomic E-state index is -4.40. The molecular formula is C18H13F3N2O2. The molecule has 0 unspecified atom stereocenters. The lowest BCUT2D eigenvalue weighted by atomic mass is 10.2. The molecule has 25 heavy (non-hydrogen) atoms. The van der Waals surface area contributed by atoms with Crippen LogP contribution in [-0.2, 0) is 6.18 Å². The van der Waals surface area contributed by atoms with E-state index >= 15 is 0 Å². The highest BCUT2D eigenvalue weighted by Crippen LogP contribution is 2.31. The van der Waals surface area contributed by atoms with Gasteiger partial charge in [-0.05, 0) is 36.4 Å². The van der Waals surface area contributed by atoms with Gasteiger partial charge in [0.05, 0.1) is 11.1 Å². The van der Waals surface area contributed by atoms with Gasteiger partial charge in [-0.1, -0.05) is 18.2 Å². The number of nitrogens with one attached hydrogen (secondary N) is 2. The second-order valence-electron chi connectivity index (χ2n) is 5.20. The lowest BCUT2D eigenvalue weighted by molar-refractivity contribution is -0.137. The fourth-order valence-electron chi connectivity index (χ4n) is 2.13. The van der Waals surface area contributed by atoms with Crippen LogP contribution in [0.2, 0.25) is 0 Å². The Morgan fingerprint density at radius 3 is 2.32 bits per heavy atom. The first-order chi connectivity index (χ1) is 11.9. The van der Waals surface area contributed by atoms with Crippen molar-refractivity contribution in [1.82, 2.24) is 4.98 Å². The van der Waals surface area contributed by atoms with Gasteiger partial charge >= 0.3 is 6.18 Å². The van der Waals surface area contributed by atoms with Crippen LogP contribution in [0.3, 0.4) is 0 Å². The Balaban J connectivity index is 1.66. The number of para-hydroxylation sites is 1. The van der Waals surface area contributed by atoms with Crippen molar-refractivity contribution >= 4 is 11.6 Å². The van der Waals surface area contributed by atoms with E-state index in [1.165, 1.54) is 24.4 Å². The number of hydrogen-bond acceptors (Lipinski definition) is 2. The topological polar surface area (TPSA) is 54.1 Å². The molecule has 4 nitrogen and oxygen atoms in total. The third-order valence-corrected chi connectivity index (χ3v) is 3.36. The number of hydrogen-bond donors (Lipinski definition) is 2. The summed E-state index contributed by atoms with van der Waals surface area (Å²) in [5, 5.41) is 2.72. The smallest absolute Gasteiger partial charge is 0.416 e. The number of alkyl halides is 3. The molecule has 0 aliphatic carbocycles. The Morgan fingerprint density at radius 1 is 1.00 bits per heavy atom. The van der Waals surface area contributed by atoms with Crippen molar-refractivity contribution in [3.8, 4) is 11.6 Å². The van der Waals surface area contributed by atoms with Gasteiger partial charge in [0.2, 0.25) is 0 Å². The van der Waals surface area contributed by atoms with Gasteiger partial charge in [-0.2, -0.15) is 13.2 Å². The van der Waals surface area contributed by atoms with E-state index in [9.17, 15) is 18.0 Å². The summed E-state index contributed by atoms with van der Waals surface area (Å²) in [6.45, 7) is 0. The Labute approximate surface area is 141 Å². The van der Waals surface area contributed by atoms with Crippen LogP contribution in [0.5, 0.6) is 11.6 Å². The second kappa shape index (κ2) is 6.72. The first-order valence-electron chi connectivity index (χ1n) is 7.32. The summed E-state index contributed by atoms with van der Waals surface area (Å²) in [4.78, 5) is 14.9. The third kappa shape index (κ3) is 4.20. The van der Waals surface area contributed by atoms with Gasteiger partial charge in [0.15, 0.2) is 5.88 Å². The van der Waals surface area contributed by atoms with E-state index < -0.39 is 11.7 Å². The molecule has 2 N–H and O–H groups in total. The SMILES string of the molecule is O=C(Nc1ccccc1)c1c[nH]c(Oc2ccc(C(F)(F)F)cc2)c1. The molecule has 3 aromatic rings. The Hall–Kier alpha value is -3.22. The van der Waals surface area contributed by atoms with Gasteiger partial charge < -0.3 is 15.0 Å². The summed E-state index contributed by atoms with van der Waals surface area (Å²) in [7, 11) is 0. The lowest BCUT2D eigenvalue weighted by Crippen LogP contribution is -2.10. The van der Waals surface area contributed by atoms with E-state index in [2.05, 4.69) is 10.3 Å². The van der Waals surface area contributed by atoms with Gasteiger partial charge in [-0.15, -0.1) is 0 Å². The molecule has 3 rings (SSSR count). The standard InChI is InChI=1S/C18H13F3N2O2/c19-18(20,21)13-6-8-15(9-7-13)25-16-10-12(11-22-16)17(24)23-14-4-2-1-3-5-14/h1-11,22H,(H,23,24). The van der Waals surface area contributed by atoms with Crippen LogP contribution in [0.1, 0.15) is 15.9 Å². The maximum atomic E-state index is 12.5. The maximum absolute atomic E-state index is 12.5. The zero-order valence-corrected chi connectivity index (χ0v) is 12.8. The number of H-pyrrole nitrogens is 1. The van der Waals surface area contributed by atoms with E-state index in [1.54, 1.807) is 24.3 Å². The molecule has 128 valence electrons. The summed E-state index contributed by atoms with van der Waals surface area (Å²) < 4.78 is 43.0. The number of carbonyl (C=O) groups excluding carboxylic acids is 1. The number of amides is 1. The van der Waals surface area contributed by atoms with Gasteiger partial charge in [-0.3, -0.25) is 4.79 Å².